The number of nitrogens with zero attached hydrogens (tertiary/aromatic N) is 1. The molecule has 2 aromatic carbocycles. The van der Waals surface area contributed by atoms with Crippen LogP contribution in [-0.2, 0) is 16.6 Å². The normalized spacial score (nSPS) is 15.0. The van der Waals surface area contributed by atoms with Crippen LogP contribution in [0.25, 0.3) is 0 Å². The largest absolute Gasteiger partial charge is 0.496 e. The predicted molar refractivity (Wildman–Crippen MR) is 108 cm³/mol. The summed E-state index contributed by atoms with van der Waals surface area (Å²) in [6.45, 7) is 1.33. The SMILES string of the molecule is COc1ccc(S(=O)(=O)NCc2ccc(F)cc2)cc1C(=O)N1CCCCCC1. The molecule has 1 aliphatic rings. The molecule has 29 heavy (non-hydrogen) atoms. The number of methoxy groups -OCH3 is 1. The third kappa shape index (κ3) is 5.33. The smallest absolute Gasteiger partial charge is 0.257 e. The molecule has 0 saturated carbocycles. The lowest BCUT2D eigenvalue weighted by molar-refractivity contribution is 0.0758. The summed E-state index contributed by atoms with van der Waals surface area (Å²) in [7, 11) is -2.40. The van der Waals surface area contributed by atoms with Crippen LogP contribution in [-0.4, -0.2) is 39.4 Å². The molecule has 0 bridgehead atoms. The van der Waals surface area contributed by atoms with Gasteiger partial charge in [-0.25, -0.2) is 17.5 Å². The first-order chi connectivity index (χ1) is 13.9. The number of ether oxygens (including phenoxy) is 1. The van der Waals surface area contributed by atoms with Crippen LogP contribution in [0, 0.1) is 5.82 Å². The maximum Gasteiger partial charge on any atom is 0.257 e. The number of nitrogens with one attached hydrogen (secondary N) is 1. The molecule has 6 nitrogen and oxygen atoms in total. The van der Waals surface area contributed by atoms with Crippen LogP contribution < -0.4 is 9.46 Å². The van der Waals surface area contributed by atoms with Gasteiger partial charge in [0, 0.05) is 19.6 Å². The van der Waals surface area contributed by atoms with Gasteiger partial charge in [0.15, 0.2) is 0 Å². The van der Waals surface area contributed by atoms with Crippen molar-refractivity contribution in [2.45, 2.75) is 37.1 Å². The standard InChI is InChI=1S/C21H25FN2O4S/c1-28-20-11-10-18(14-19(20)21(25)24-12-4-2-3-5-13-24)29(26,27)23-15-16-6-8-17(22)9-7-16/h6-11,14,23H,2-5,12-13,15H2,1H3. The molecule has 1 aliphatic heterocycles. The number of halogens is 1. The Hall–Kier alpha value is -2.45. The molecule has 0 radical (unpaired) electrons. The summed E-state index contributed by atoms with van der Waals surface area (Å²) < 4.78 is 46.3. The van der Waals surface area contributed by atoms with Crippen molar-refractivity contribution < 1.29 is 22.3 Å². The van der Waals surface area contributed by atoms with Gasteiger partial charge in [0.1, 0.15) is 11.6 Å². The summed E-state index contributed by atoms with van der Waals surface area (Å²) in [6.07, 6.45) is 4.04. The van der Waals surface area contributed by atoms with Crippen molar-refractivity contribution in [2.75, 3.05) is 20.2 Å². The molecule has 0 atom stereocenters. The molecule has 0 aromatic heterocycles. The Kier molecular flexibility index (Phi) is 6.87. The van der Waals surface area contributed by atoms with Crippen molar-refractivity contribution >= 4 is 15.9 Å². The Morgan fingerprint density at radius 2 is 1.72 bits per heavy atom. The Morgan fingerprint density at radius 3 is 2.34 bits per heavy atom. The van der Waals surface area contributed by atoms with E-state index < -0.39 is 10.0 Å². The van der Waals surface area contributed by atoms with Crippen LogP contribution in [0.2, 0.25) is 0 Å². The summed E-state index contributed by atoms with van der Waals surface area (Å²) in [5.74, 6) is -0.264. The van der Waals surface area contributed by atoms with Gasteiger partial charge in [-0.1, -0.05) is 25.0 Å². The topological polar surface area (TPSA) is 75.7 Å². The Bertz CT molecular complexity index is 953. The second-order valence-electron chi connectivity index (χ2n) is 7.02. The highest BCUT2D eigenvalue weighted by Crippen LogP contribution is 2.25. The second kappa shape index (κ2) is 9.37. The van der Waals surface area contributed by atoms with Crippen LogP contribution >= 0.6 is 0 Å². The summed E-state index contributed by atoms with van der Waals surface area (Å²) in [5.41, 5.74) is 0.864. The highest BCUT2D eigenvalue weighted by Gasteiger charge is 2.24. The van der Waals surface area contributed by atoms with E-state index in [1.807, 2.05) is 0 Å². The first-order valence-electron chi connectivity index (χ1n) is 9.62. The minimum atomic E-state index is -3.86. The molecule has 8 heteroatoms. The van der Waals surface area contributed by atoms with E-state index in [2.05, 4.69) is 4.72 Å². The Morgan fingerprint density at radius 1 is 1.07 bits per heavy atom. The fourth-order valence-corrected chi connectivity index (χ4v) is 4.37. The number of amides is 1. The molecule has 0 unspecified atom stereocenters. The number of likely N-dealkylation sites (tertiary alicyclic amines) is 1. The average molecular weight is 421 g/mol. The number of carbonyl (C=O) groups is 1. The monoisotopic (exact) mass is 420 g/mol. The lowest BCUT2D eigenvalue weighted by Crippen LogP contribution is -2.32. The number of hydrogen-bond acceptors (Lipinski definition) is 4. The summed E-state index contributed by atoms with van der Waals surface area (Å²) in [6, 6.07) is 9.84. The zero-order valence-corrected chi connectivity index (χ0v) is 17.2. The minimum Gasteiger partial charge on any atom is -0.496 e. The molecule has 1 fully saturated rings. The fraction of sp³-hybridized carbons (Fsp3) is 0.381. The van der Waals surface area contributed by atoms with Gasteiger partial charge in [0.2, 0.25) is 10.0 Å². The van der Waals surface area contributed by atoms with E-state index in [-0.39, 0.29) is 28.7 Å². The molecule has 1 saturated heterocycles. The molecule has 0 spiro atoms. The van der Waals surface area contributed by atoms with E-state index in [0.717, 1.165) is 25.7 Å². The average Bonchev–Trinajstić information content (AvgIpc) is 3.02. The zero-order chi connectivity index (χ0) is 20.9. The summed E-state index contributed by atoms with van der Waals surface area (Å²) in [4.78, 5) is 14.8. The van der Waals surface area contributed by atoms with Gasteiger partial charge in [-0.05, 0) is 48.7 Å². The zero-order valence-electron chi connectivity index (χ0n) is 16.4. The molecule has 0 aliphatic carbocycles. The molecule has 1 amide bonds. The second-order valence-corrected chi connectivity index (χ2v) is 8.79. The van der Waals surface area contributed by atoms with Crippen molar-refractivity contribution in [1.82, 2.24) is 9.62 Å². The van der Waals surface area contributed by atoms with Gasteiger partial charge in [0.05, 0.1) is 17.6 Å². The van der Waals surface area contributed by atoms with Crippen molar-refractivity contribution in [3.05, 3.63) is 59.4 Å². The molecule has 1 heterocycles. The summed E-state index contributed by atoms with van der Waals surface area (Å²) in [5, 5.41) is 0. The van der Waals surface area contributed by atoms with E-state index in [1.54, 1.807) is 4.90 Å². The van der Waals surface area contributed by atoms with E-state index in [0.29, 0.717) is 24.4 Å². The molecule has 156 valence electrons. The van der Waals surface area contributed by atoms with Crippen LogP contribution in [0.1, 0.15) is 41.6 Å². The lowest BCUT2D eigenvalue weighted by Gasteiger charge is -2.22. The highest BCUT2D eigenvalue weighted by atomic mass is 32.2. The van der Waals surface area contributed by atoms with Crippen molar-refractivity contribution in [1.29, 1.82) is 0 Å². The van der Waals surface area contributed by atoms with Crippen LogP contribution in [0.3, 0.4) is 0 Å². The first-order valence-corrected chi connectivity index (χ1v) is 11.1. The van der Waals surface area contributed by atoms with Gasteiger partial charge in [-0.3, -0.25) is 4.79 Å². The minimum absolute atomic E-state index is 0.0152. The van der Waals surface area contributed by atoms with Gasteiger partial charge >= 0.3 is 0 Å². The molecule has 1 N–H and O–H groups in total. The number of carbonyl (C=O) groups excluding carboxylic acids is 1. The van der Waals surface area contributed by atoms with Crippen LogP contribution in [0.4, 0.5) is 4.39 Å². The maximum atomic E-state index is 13.0. The Balaban J connectivity index is 1.82. The van der Waals surface area contributed by atoms with E-state index >= 15 is 0 Å². The van der Waals surface area contributed by atoms with Gasteiger partial charge in [0.25, 0.3) is 5.91 Å². The third-order valence-electron chi connectivity index (χ3n) is 4.98. The van der Waals surface area contributed by atoms with E-state index in [9.17, 15) is 17.6 Å². The van der Waals surface area contributed by atoms with Gasteiger partial charge in [-0.2, -0.15) is 0 Å². The van der Waals surface area contributed by atoms with Crippen molar-refractivity contribution in [3.8, 4) is 5.75 Å². The van der Waals surface area contributed by atoms with Crippen molar-refractivity contribution in [3.63, 3.8) is 0 Å². The number of benzene rings is 2. The van der Waals surface area contributed by atoms with Crippen LogP contribution in [0.15, 0.2) is 47.4 Å². The summed E-state index contributed by atoms with van der Waals surface area (Å²) >= 11 is 0. The van der Waals surface area contributed by atoms with E-state index in [1.165, 1.54) is 49.6 Å². The third-order valence-corrected chi connectivity index (χ3v) is 6.38. The van der Waals surface area contributed by atoms with Gasteiger partial charge in [-0.15, -0.1) is 0 Å². The predicted octanol–water partition coefficient (Wildman–Crippen LogP) is 3.33. The Labute approximate surface area is 170 Å². The van der Waals surface area contributed by atoms with Crippen molar-refractivity contribution in [2.24, 2.45) is 0 Å². The number of sulfonamides is 1. The highest BCUT2D eigenvalue weighted by molar-refractivity contribution is 7.89. The molecular weight excluding hydrogens is 395 g/mol. The maximum absolute atomic E-state index is 13.0. The van der Waals surface area contributed by atoms with Gasteiger partial charge < -0.3 is 9.64 Å². The molecular formula is C21H25FN2O4S. The lowest BCUT2D eigenvalue weighted by atomic mass is 10.1. The quantitative estimate of drug-likeness (QED) is 0.778. The molecule has 3 rings (SSSR count). The number of hydrogen-bond donors (Lipinski definition) is 1. The fourth-order valence-electron chi connectivity index (χ4n) is 3.33. The number of rotatable bonds is 6. The van der Waals surface area contributed by atoms with E-state index in [4.69, 9.17) is 4.74 Å². The molecule has 2 aromatic rings. The first kappa shape index (κ1) is 21.3. The van der Waals surface area contributed by atoms with Crippen LogP contribution in [0.5, 0.6) is 5.75 Å².